The van der Waals surface area contributed by atoms with Crippen molar-refractivity contribution in [2.45, 2.75) is 70.0 Å². The van der Waals surface area contributed by atoms with Gasteiger partial charge in [0.1, 0.15) is 24.7 Å². The van der Waals surface area contributed by atoms with Gasteiger partial charge in [-0.2, -0.15) is 32.8 Å². The van der Waals surface area contributed by atoms with Crippen molar-refractivity contribution in [1.29, 1.82) is 5.41 Å². The van der Waals surface area contributed by atoms with Gasteiger partial charge in [0.15, 0.2) is 5.96 Å². The Kier molecular flexibility index (Phi) is 9.29. The van der Waals surface area contributed by atoms with Crippen LogP contribution in [0, 0.1) is 10.8 Å². The van der Waals surface area contributed by atoms with E-state index in [0.29, 0.717) is 32.6 Å². The largest absolute Gasteiger partial charge is 0.447 e. The van der Waals surface area contributed by atoms with E-state index in [1.807, 2.05) is 20.8 Å². The van der Waals surface area contributed by atoms with Gasteiger partial charge >= 0.3 is 18.7 Å². The highest BCUT2D eigenvalue weighted by molar-refractivity contribution is 6.33. The van der Waals surface area contributed by atoms with E-state index in [2.05, 4.69) is 25.8 Å². The highest BCUT2D eigenvalue weighted by Crippen LogP contribution is 2.44. The second-order valence-electron chi connectivity index (χ2n) is 13.6. The molecule has 3 N–H and O–H groups in total. The Morgan fingerprint density at radius 3 is 2.49 bits per heavy atom. The Hall–Kier alpha value is -5.06. The maximum absolute atomic E-state index is 14.9. The Bertz CT molecular complexity index is 1900. The van der Waals surface area contributed by atoms with E-state index in [0.717, 1.165) is 11.2 Å². The van der Waals surface area contributed by atoms with Gasteiger partial charge in [-0.3, -0.25) is 15.1 Å². The third kappa shape index (κ3) is 7.25. The van der Waals surface area contributed by atoms with Crippen LogP contribution in [0.4, 0.5) is 32.4 Å². The number of hydrogen-bond donors (Lipinski definition) is 3. The zero-order chi connectivity index (χ0) is 36.9. The van der Waals surface area contributed by atoms with Gasteiger partial charge in [0.05, 0.1) is 35.2 Å². The quantitative estimate of drug-likeness (QED) is 0.159. The van der Waals surface area contributed by atoms with Crippen LogP contribution in [-0.2, 0) is 15.1 Å². The van der Waals surface area contributed by atoms with Gasteiger partial charge in [-0.15, -0.1) is 0 Å². The van der Waals surface area contributed by atoms with Gasteiger partial charge in [0.25, 0.3) is 5.91 Å². The van der Waals surface area contributed by atoms with E-state index < -0.39 is 60.4 Å². The molecule has 51 heavy (non-hydrogen) atoms. The molecule has 3 aliphatic rings. The van der Waals surface area contributed by atoms with Crippen LogP contribution in [0.2, 0.25) is 5.02 Å². The molecular weight excluding hydrogens is 701 g/mol. The maximum Gasteiger partial charge on any atom is 0.407 e. The van der Waals surface area contributed by atoms with E-state index in [9.17, 15) is 31.5 Å². The van der Waals surface area contributed by atoms with Crippen molar-refractivity contribution in [3.63, 3.8) is 0 Å². The molecule has 4 atom stereocenters. The topological polar surface area (TPSA) is 140 Å². The summed E-state index contributed by atoms with van der Waals surface area (Å²) in [6.07, 6.45) is 1.86. The number of hydrazone groups is 1. The summed E-state index contributed by atoms with van der Waals surface area (Å²) in [5.74, 6) is -0.998. The molecule has 0 bridgehead atoms. The number of ether oxygens (including phenoxy) is 1. The van der Waals surface area contributed by atoms with E-state index in [1.54, 1.807) is 24.3 Å². The van der Waals surface area contributed by atoms with E-state index >= 15 is 0 Å². The number of benzene rings is 2. The highest BCUT2D eigenvalue weighted by Gasteiger charge is 2.55. The molecule has 0 unspecified atom stereocenters. The lowest BCUT2D eigenvalue weighted by Gasteiger charge is -2.35. The number of guanidine groups is 1. The van der Waals surface area contributed by atoms with Crippen molar-refractivity contribution in [3.8, 4) is 11.1 Å². The number of rotatable bonds is 10. The first-order valence-corrected chi connectivity index (χ1v) is 16.1. The number of amides is 2. The number of nitrogens with one attached hydrogen (secondary N) is 3. The van der Waals surface area contributed by atoms with Crippen molar-refractivity contribution in [2.75, 3.05) is 11.6 Å². The average molecular weight is 734 g/mol. The Morgan fingerprint density at radius 2 is 1.88 bits per heavy atom. The molecule has 1 saturated carbocycles. The van der Waals surface area contributed by atoms with Crippen LogP contribution in [0.5, 0.6) is 0 Å². The predicted octanol–water partition coefficient (Wildman–Crippen LogP) is 6.60. The van der Waals surface area contributed by atoms with Crippen LogP contribution in [0.3, 0.4) is 0 Å². The lowest BCUT2D eigenvalue weighted by molar-refractivity contribution is -0.134. The van der Waals surface area contributed by atoms with Crippen LogP contribution < -0.4 is 15.6 Å². The third-order valence-corrected chi connectivity index (χ3v) is 8.81. The molecule has 3 heterocycles. The predicted molar refractivity (Wildman–Crippen MR) is 179 cm³/mol. The van der Waals surface area contributed by atoms with Crippen LogP contribution >= 0.6 is 11.6 Å². The van der Waals surface area contributed by atoms with E-state index in [-0.39, 0.29) is 35.1 Å². The zero-order valence-electron chi connectivity index (χ0n) is 27.5. The number of carbonyl (C=O) groups is 2. The average Bonchev–Trinajstić information content (AvgIpc) is 3.42. The molecular formula is C33H33ClF5N9O3. The first-order chi connectivity index (χ1) is 24.0. The molecule has 0 radical (unpaired) electrons. The molecule has 2 aliphatic heterocycles. The molecule has 3 aromatic rings. The van der Waals surface area contributed by atoms with Crippen LogP contribution in [0.25, 0.3) is 11.1 Å². The zero-order valence-corrected chi connectivity index (χ0v) is 28.2. The number of halogens is 6. The van der Waals surface area contributed by atoms with Crippen LogP contribution in [0.1, 0.15) is 57.3 Å². The molecule has 1 aliphatic carbocycles. The van der Waals surface area contributed by atoms with Crippen molar-refractivity contribution < 1.29 is 36.3 Å². The van der Waals surface area contributed by atoms with Crippen molar-refractivity contribution in [2.24, 2.45) is 15.5 Å². The number of alkyl carbamates (subject to hydrolysis) is 1. The first kappa shape index (κ1) is 35.8. The minimum absolute atomic E-state index is 0.117. The first-order valence-electron chi connectivity index (χ1n) is 15.7. The highest BCUT2D eigenvalue weighted by atomic mass is 35.5. The fraction of sp³-hybridized carbons (Fsp3) is 0.394. The van der Waals surface area contributed by atoms with Gasteiger partial charge in [-0.1, -0.05) is 62.7 Å². The Balaban J connectivity index is 1.39. The summed E-state index contributed by atoms with van der Waals surface area (Å²) in [4.78, 5) is 31.9. The summed E-state index contributed by atoms with van der Waals surface area (Å²) in [5.41, 5.74) is -0.752. The number of anilines is 1. The normalized spacial score (nSPS) is 23.1. The van der Waals surface area contributed by atoms with Crippen molar-refractivity contribution in [1.82, 2.24) is 25.3 Å². The number of alkyl halides is 5. The minimum atomic E-state index is -3.67. The molecule has 1 aromatic heterocycles. The molecule has 6 rings (SSSR count). The smallest absolute Gasteiger partial charge is 0.407 e. The number of hydrogen-bond acceptors (Lipinski definition) is 8. The van der Waals surface area contributed by atoms with E-state index in [1.165, 1.54) is 30.6 Å². The molecule has 270 valence electrons. The molecule has 12 nitrogen and oxygen atoms in total. The second kappa shape index (κ2) is 13.2. The van der Waals surface area contributed by atoms with Gasteiger partial charge in [-0.25, -0.2) is 18.9 Å². The van der Waals surface area contributed by atoms with Crippen molar-refractivity contribution >= 4 is 47.8 Å². The summed E-state index contributed by atoms with van der Waals surface area (Å²) in [6, 6.07) is 4.90. The number of nitrogens with zero attached hydrogens (tertiary/aromatic N) is 6. The third-order valence-electron chi connectivity index (χ3n) is 8.49. The minimum Gasteiger partial charge on any atom is -0.447 e. The summed E-state index contributed by atoms with van der Waals surface area (Å²) in [7, 11) is 0. The number of aromatic nitrogens is 2. The molecule has 2 aromatic carbocycles. The van der Waals surface area contributed by atoms with Crippen LogP contribution in [-0.4, -0.2) is 70.1 Å². The molecule has 0 spiro atoms. The fourth-order valence-corrected chi connectivity index (χ4v) is 6.31. The summed E-state index contributed by atoms with van der Waals surface area (Å²) < 4.78 is 75.5. The lowest BCUT2D eigenvalue weighted by Crippen LogP contribution is -2.47. The molecule has 18 heteroatoms. The van der Waals surface area contributed by atoms with Crippen molar-refractivity contribution in [3.05, 3.63) is 71.0 Å². The van der Waals surface area contributed by atoms with Gasteiger partial charge < -0.3 is 15.4 Å². The Morgan fingerprint density at radius 1 is 1.18 bits per heavy atom. The summed E-state index contributed by atoms with van der Waals surface area (Å²) in [5, 5.41) is 22.1. The summed E-state index contributed by atoms with van der Waals surface area (Å²) in [6.45, 7) is 2.32. The van der Waals surface area contributed by atoms with Crippen LogP contribution in [0.15, 0.2) is 65.0 Å². The number of carbonyl (C=O) groups excluding carboxylic acids is 2. The van der Waals surface area contributed by atoms with Gasteiger partial charge in [0.2, 0.25) is 0 Å². The second-order valence-corrected chi connectivity index (χ2v) is 14.0. The van der Waals surface area contributed by atoms with E-state index in [4.69, 9.17) is 21.7 Å². The summed E-state index contributed by atoms with van der Waals surface area (Å²) >= 11 is 6.35. The SMILES string of the molecule is CC(C)(C)C[C@]1(c2ccc(-c3cnn(C(F)F)c3)cc2)NC(=N)N([C@H](COC(=O)N[C@@H]2C[C@H]2F)c2ccc(Cl)c(N3N=CN=CC3(F)F)c2)C1=O. The molecule has 2 fully saturated rings. The standard InChI is InChI=1S/C33H33ClF5N9O3/c1-31(2,3)15-32(21-7-4-18(5-8-21)20-12-42-46(13-20)28(36)37)27(49)47(29(40)45-32)26(14-51-30(50)44-24-11-23(24)35)19-6-9-22(34)25(10-19)48-33(38,39)16-41-17-43-48/h4-10,12-13,16-17,23-24,26,28H,11,14-15H2,1-3H3,(H2,40,45)(H,44,50)/t23-,24-,26-,32-/m1/s1. The monoisotopic (exact) mass is 733 g/mol. The maximum atomic E-state index is 14.9. The van der Waals surface area contributed by atoms with Gasteiger partial charge in [-0.05, 0) is 40.7 Å². The Labute approximate surface area is 293 Å². The molecule has 1 saturated heterocycles. The molecule has 2 amide bonds. The van der Waals surface area contributed by atoms with Gasteiger partial charge in [0, 0.05) is 18.2 Å². The fourth-order valence-electron chi connectivity index (χ4n) is 6.11. The number of aliphatic imine (C=N–C) groups is 1. The lowest BCUT2D eigenvalue weighted by atomic mass is 9.75.